The van der Waals surface area contributed by atoms with Gasteiger partial charge in [0.2, 0.25) is 10.0 Å². The molecule has 0 bridgehead atoms. The molecule has 2 heterocycles. The first-order chi connectivity index (χ1) is 16.0. The third-order valence-electron chi connectivity index (χ3n) is 6.50. The first-order valence-electron chi connectivity index (χ1n) is 11.8. The van der Waals surface area contributed by atoms with Crippen molar-refractivity contribution in [2.45, 2.75) is 44.2 Å². The number of hydrogen-bond acceptors (Lipinski definition) is 5. The largest absolute Gasteiger partial charge is 0.494 e. The second-order valence-electron chi connectivity index (χ2n) is 8.74. The van der Waals surface area contributed by atoms with E-state index in [1.54, 1.807) is 22.5 Å². The molecule has 2 aromatic rings. The molecule has 0 spiro atoms. The quantitative estimate of drug-likeness (QED) is 0.513. The Bertz CT molecular complexity index is 973. The van der Waals surface area contributed by atoms with E-state index in [1.807, 2.05) is 30.3 Å². The number of sulfonamides is 1. The van der Waals surface area contributed by atoms with Gasteiger partial charge in [-0.2, -0.15) is 0 Å². The summed E-state index contributed by atoms with van der Waals surface area (Å²) < 4.78 is 52.4. The number of nitrogens with zero attached hydrogens (tertiary/aromatic N) is 2. The minimum atomic E-state index is -3.26. The van der Waals surface area contributed by atoms with E-state index in [0.29, 0.717) is 37.9 Å². The van der Waals surface area contributed by atoms with Crippen molar-refractivity contribution in [2.75, 3.05) is 38.5 Å². The molecule has 0 unspecified atom stereocenters. The van der Waals surface area contributed by atoms with Crippen LogP contribution in [-0.2, 0) is 10.0 Å². The van der Waals surface area contributed by atoms with Gasteiger partial charge in [0.25, 0.3) is 0 Å². The van der Waals surface area contributed by atoms with Crippen LogP contribution in [-0.4, -0.2) is 68.3 Å². The molecular weight excluding hydrogens is 443 g/mol. The second-order valence-corrected chi connectivity index (χ2v) is 10.8. The molecule has 33 heavy (non-hydrogen) atoms. The van der Waals surface area contributed by atoms with Crippen LogP contribution in [0, 0.1) is 5.82 Å². The van der Waals surface area contributed by atoms with Gasteiger partial charge in [0.05, 0.1) is 12.4 Å². The normalized spacial score (nSPS) is 19.4. The average molecular weight is 477 g/mol. The van der Waals surface area contributed by atoms with E-state index < -0.39 is 10.0 Å². The summed E-state index contributed by atoms with van der Waals surface area (Å²) in [6.07, 6.45) is 3.91. The van der Waals surface area contributed by atoms with Crippen molar-refractivity contribution < 1.29 is 22.3 Å². The van der Waals surface area contributed by atoms with Gasteiger partial charge in [-0.25, -0.2) is 17.1 Å². The fourth-order valence-corrected chi connectivity index (χ4v) is 6.15. The average Bonchev–Trinajstić information content (AvgIpc) is 2.85. The lowest BCUT2D eigenvalue weighted by Crippen LogP contribution is -2.50. The number of hydrogen-bond donors (Lipinski definition) is 0. The first kappa shape index (κ1) is 24.0. The topological polar surface area (TPSA) is 59.1 Å². The van der Waals surface area contributed by atoms with Crippen molar-refractivity contribution in [1.82, 2.24) is 9.21 Å². The van der Waals surface area contributed by atoms with Crippen LogP contribution in [0.5, 0.6) is 11.5 Å². The number of benzene rings is 2. The molecule has 180 valence electrons. The molecule has 0 radical (unpaired) electrons. The Morgan fingerprint density at radius 1 is 0.879 bits per heavy atom. The van der Waals surface area contributed by atoms with Crippen LogP contribution >= 0.6 is 0 Å². The molecule has 8 heteroatoms. The maximum absolute atomic E-state index is 13.8. The van der Waals surface area contributed by atoms with Gasteiger partial charge in [0, 0.05) is 32.2 Å². The SMILES string of the molecule is O=S(=O)(CCCOc1ccccc1)N1CCC(N2CCC(Oc3ccccc3F)CC2)CC1. The van der Waals surface area contributed by atoms with Crippen molar-refractivity contribution in [1.29, 1.82) is 0 Å². The van der Waals surface area contributed by atoms with Gasteiger partial charge in [0.1, 0.15) is 11.9 Å². The van der Waals surface area contributed by atoms with Gasteiger partial charge in [0.15, 0.2) is 11.6 Å². The molecule has 4 rings (SSSR count). The summed E-state index contributed by atoms with van der Waals surface area (Å²) in [4.78, 5) is 2.44. The second kappa shape index (κ2) is 11.3. The summed E-state index contributed by atoms with van der Waals surface area (Å²) in [5.74, 6) is 0.881. The number of halogens is 1. The first-order valence-corrected chi connectivity index (χ1v) is 13.4. The number of piperidine rings is 2. The predicted molar refractivity (Wildman–Crippen MR) is 127 cm³/mol. The molecule has 0 amide bonds. The highest BCUT2D eigenvalue weighted by Crippen LogP contribution is 2.26. The maximum atomic E-state index is 13.8. The molecule has 2 aromatic carbocycles. The molecule has 0 N–H and O–H groups in total. The fourth-order valence-electron chi connectivity index (χ4n) is 4.64. The number of rotatable bonds is 9. The van der Waals surface area contributed by atoms with Crippen molar-refractivity contribution >= 4 is 10.0 Å². The lowest BCUT2D eigenvalue weighted by atomic mass is 10.00. The summed E-state index contributed by atoms with van der Waals surface area (Å²) >= 11 is 0. The molecule has 0 saturated carbocycles. The summed E-state index contributed by atoms with van der Waals surface area (Å²) in [7, 11) is -3.26. The van der Waals surface area contributed by atoms with Crippen LogP contribution in [0.3, 0.4) is 0 Å². The smallest absolute Gasteiger partial charge is 0.214 e. The third kappa shape index (κ3) is 6.68. The molecule has 0 aliphatic carbocycles. The van der Waals surface area contributed by atoms with Crippen molar-refractivity contribution in [3.8, 4) is 11.5 Å². The van der Waals surface area contributed by atoms with Gasteiger partial charge >= 0.3 is 0 Å². The Balaban J connectivity index is 1.16. The molecule has 0 aromatic heterocycles. The van der Waals surface area contributed by atoms with Gasteiger partial charge in [-0.05, 0) is 56.4 Å². The molecule has 0 atom stereocenters. The maximum Gasteiger partial charge on any atom is 0.214 e. The molecular formula is C25H33FN2O4S. The van der Waals surface area contributed by atoms with Crippen LogP contribution in [0.15, 0.2) is 54.6 Å². The molecule has 2 aliphatic heterocycles. The molecule has 2 fully saturated rings. The zero-order chi connectivity index (χ0) is 23.1. The van der Waals surface area contributed by atoms with Crippen LogP contribution in [0.1, 0.15) is 32.1 Å². The minimum absolute atomic E-state index is 0.0247. The van der Waals surface area contributed by atoms with E-state index in [0.717, 1.165) is 44.5 Å². The Kier molecular flexibility index (Phi) is 8.22. The Morgan fingerprint density at radius 3 is 2.24 bits per heavy atom. The van der Waals surface area contributed by atoms with Crippen LogP contribution in [0.2, 0.25) is 0 Å². The predicted octanol–water partition coefficient (Wildman–Crippen LogP) is 3.93. The number of para-hydroxylation sites is 2. The summed E-state index contributed by atoms with van der Waals surface area (Å²) in [6, 6.07) is 16.4. The lowest BCUT2D eigenvalue weighted by molar-refractivity contribution is 0.0567. The Morgan fingerprint density at radius 2 is 1.55 bits per heavy atom. The third-order valence-corrected chi connectivity index (χ3v) is 8.46. The van der Waals surface area contributed by atoms with Gasteiger partial charge < -0.3 is 14.4 Å². The zero-order valence-corrected chi connectivity index (χ0v) is 19.8. The zero-order valence-electron chi connectivity index (χ0n) is 18.9. The summed E-state index contributed by atoms with van der Waals surface area (Å²) in [5.41, 5.74) is 0. The van der Waals surface area contributed by atoms with E-state index in [4.69, 9.17) is 9.47 Å². The van der Waals surface area contributed by atoms with E-state index >= 15 is 0 Å². The van der Waals surface area contributed by atoms with Crippen molar-refractivity contribution in [3.05, 3.63) is 60.4 Å². The van der Waals surface area contributed by atoms with Crippen molar-refractivity contribution in [3.63, 3.8) is 0 Å². The van der Waals surface area contributed by atoms with E-state index in [2.05, 4.69) is 4.90 Å². The standard InChI is InChI=1S/C25H33FN2O4S/c26-24-9-4-5-10-25(24)32-23-13-15-27(16-14-23)21-11-17-28(18-12-21)33(29,30)20-6-19-31-22-7-2-1-3-8-22/h1-5,7-10,21,23H,6,11-20H2. The van der Waals surface area contributed by atoms with E-state index in [-0.39, 0.29) is 17.7 Å². The molecule has 2 aliphatic rings. The Hall–Kier alpha value is -2.16. The highest BCUT2D eigenvalue weighted by molar-refractivity contribution is 7.89. The molecule has 2 saturated heterocycles. The van der Waals surface area contributed by atoms with E-state index in [9.17, 15) is 12.8 Å². The summed E-state index contributed by atoms with van der Waals surface area (Å²) in [6.45, 7) is 3.32. The minimum Gasteiger partial charge on any atom is -0.494 e. The monoisotopic (exact) mass is 476 g/mol. The highest BCUT2D eigenvalue weighted by Gasteiger charge is 2.32. The van der Waals surface area contributed by atoms with E-state index in [1.165, 1.54) is 6.07 Å². The van der Waals surface area contributed by atoms with Crippen LogP contribution < -0.4 is 9.47 Å². The van der Waals surface area contributed by atoms with Gasteiger partial charge in [-0.3, -0.25) is 0 Å². The molecule has 6 nitrogen and oxygen atoms in total. The van der Waals surface area contributed by atoms with Crippen molar-refractivity contribution in [2.24, 2.45) is 0 Å². The lowest BCUT2D eigenvalue weighted by Gasteiger charge is -2.41. The number of ether oxygens (including phenoxy) is 2. The fraction of sp³-hybridized carbons (Fsp3) is 0.520. The summed E-state index contributed by atoms with van der Waals surface area (Å²) in [5, 5.41) is 0. The number of likely N-dealkylation sites (tertiary alicyclic amines) is 1. The Labute approximate surface area is 196 Å². The van der Waals surface area contributed by atoms with Crippen LogP contribution in [0.25, 0.3) is 0 Å². The highest BCUT2D eigenvalue weighted by atomic mass is 32.2. The van der Waals surface area contributed by atoms with Gasteiger partial charge in [-0.15, -0.1) is 0 Å². The van der Waals surface area contributed by atoms with Gasteiger partial charge in [-0.1, -0.05) is 30.3 Å². The van der Waals surface area contributed by atoms with Crippen LogP contribution in [0.4, 0.5) is 4.39 Å².